The second kappa shape index (κ2) is 6.02. The van der Waals surface area contributed by atoms with Gasteiger partial charge in [0.05, 0.1) is 29.7 Å². The average Bonchev–Trinajstić information content (AvgIpc) is 2.42. The molecule has 0 amide bonds. The maximum atomic E-state index is 11.8. The van der Waals surface area contributed by atoms with Gasteiger partial charge in [0.2, 0.25) is 10.0 Å². The Kier molecular flexibility index (Phi) is 4.59. The number of sulfonamides is 1. The van der Waals surface area contributed by atoms with Crippen molar-refractivity contribution in [3.05, 3.63) is 17.4 Å². The van der Waals surface area contributed by atoms with Crippen LogP contribution < -0.4 is 4.74 Å². The van der Waals surface area contributed by atoms with Crippen LogP contribution in [0.5, 0.6) is 6.01 Å². The van der Waals surface area contributed by atoms with E-state index in [4.69, 9.17) is 16.3 Å². The molecule has 6 nitrogen and oxygen atoms in total. The van der Waals surface area contributed by atoms with Crippen molar-refractivity contribution >= 4 is 21.6 Å². The first-order valence-corrected chi connectivity index (χ1v) is 8.12. The van der Waals surface area contributed by atoms with Crippen molar-refractivity contribution < 1.29 is 13.2 Å². The second-order valence-electron chi connectivity index (χ2n) is 4.32. The summed E-state index contributed by atoms with van der Waals surface area (Å²) < 4.78 is 30.7. The minimum Gasteiger partial charge on any atom is -0.459 e. The van der Waals surface area contributed by atoms with E-state index in [1.807, 2.05) is 0 Å². The molecule has 1 aromatic rings. The van der Waals surface area contributed by atoms with Crippen LogP contribution >= 0.6 is 11.6 Å². The molecule has 1 atom stereocenters. The quantitative estimate of drug-likeness (QED) is 0.839. The Morgan fingerprint density at radius 1 is 1.47 bits per heavy atom. The van der Waals surface area contributed by atoms with E-state index in [-0.39, 0.29) is 17.9 Å². The molecule has 0 N–H and O–H groups in total. The highest BCUT2D eigenvalue weighted by Crippen LogP contribution is 2.18. The van der Waals surface area contributed by atoms with E-state index in [2.05, 4.69) is 9.97 Å². The van der Waals surface area contributed by atoms with E-state index in [0.29, 0.717) is 18.1 Å². The molecule has 106 valence electrons. The topological polar surface area (TPSA) is 72.4 Å². The highest BCUT2D eigenvalue weighted by Gasteiger charge is 2.29. The van der Waals surface area contributed by atoms with Crippen LogP contribution in [0.1, 0.15) is 19.8 Å². The lowest BCUT2D eigenvalue weighted by Crippen LogP contribution is -2.45. The summed E-state index contributed by atoms with van der Waals surface area (Å²) >= 11 is 5.69. The summed E-state index contributed by atoms with van der Waals surface area (Å²) in [5.41, 5.74) is 0. The fourth-order valence-electron chi connectivity index (χ4n) is 1.95. The Labute approximate surface area is 117 Å². The standard InChI is InChI=1S/C11H16ClN3O3S/c1-2-19(16,17)15-5-3-4-10(8-15)18-11-13-6-9(12)7-14-11/h6-7,10H,2-5,8H2,1H3. The minimum atomic E-state index is -3.16. The van der Waals surface area contributed by atoms with Gasteiger partial charge < -0.3 is 4.74 Å². The summed E-state index contributed by atoms with van der Waals surface area (Å²) in [5.74, 6) is 0.108. The van der Waals surface area contributed by atoms with E-state index >= 15 is 0 Å². The summed E-state index contributed by atoms with van der Waals surface area (Å²) in [6, 6.07) is 0.227. The van der Waals surface area contributed by atoms with Gasteiger partial charge in [-0.15, -0.1) is 0 Å². The Balaban J connectivity index is 2.00. The molecule has 0 bridgehead atoms. The normalized spacial score (nSPS) is 21.3. The third-order valence-electron chi connectivity index (χ3n) is 2.97. The van der Waals surface area contributed by atoms with Crippen molar-refractivity contribution in [2.75, 3.05) is 18.8 Å². The number of rotatable bonds is 4. The summed E-state index contributed by atoms with van der Waals surface area (Å²) in [7, 11) is -3.16. The zero-order valence-electron chi connectivity index (χ0n) is 10.6. The molecule has 0 radical (unpaired) electrons. The molecule has 1 aliphatic rings. The van der Waals surface area contributed by atoms with Crippen molar-refractivity contribution in [1.29, 1.82) is 0 Å². The van der Waals surface area contributed by atoms with Crippen molar-refractivity contribution in [2.45, 2.75) is 25.9 Å². The first-order valence-electron chi connectivity index (χ1n) is 6.13. The van der Waals surface area contributed by atoms with Gasteiger partial charge in [0.25, 0.3) is 0 Å². The molecule has 8 heteroatoms. The number of hydrogen-bond acceptors (Lipinski definition) is 5. The molecule has 1 unspecified atom stereocenters. The lowest BCUT2D eigenvalue weighted by molar-refractivity contribution is 0.119. The van der Waals surface area contributed by atoms with Gasteiger partial charge in [-0.3, -0.25) is 0 Å². The highest BCUT2D eigenvalue weighted by atomic mass is 35.5. The van der Waals surface area contributed by atoms with Gasteiger partial charge in [-0.25, -0.2) is 18.4 Å². The Morgan fingerprint density at radius 2 is 2.16 bits per heavy atom. The monoisotopic (exact) mass is 305 g/mol. The van der Waals surface area contributed by atoms with Gasteiger partial charge in [-0.1, -0.05) is 11.6 Å². The first kappa shape index (κ1) is 14.5. The molecule has 0 saturated carbocycles. The largest absolute Gasteiger partial charge is 0.459 e. The number of ether oxygens (including phenoxy) is 1. The van der Waals surface area contributed by atoms with Gasteiger partial charge in [-0.2, -0.15) is 4.31 Å². The van der Waals surface area contributed by atoms with Crippen LogP contribution in [0.3, 0.4) is 0 Å². The Morgan fingerprint density at radius 3 is 2.79 bits per heavy atom. The fourth-order valence-corrected chi connectivity index (χ4v) is 3.21. The number of nitrogens with zero attached hydrogens (tertiary/aromatic N) is 3. The van der Waals surface area contributed by atoms with Crippen LogP contribution in [-0.2, 0) is 10.0 Å². The van der Waals surface area contributed by atoms with E-state index in [1.54, 1.807) is 6.92 Å². The zero-order valence-corrected chi connectivity index (χ0v) is 12.2. The molecule has 0 aromatic carbocycles. The summed E-state index contributed by atoms with van der Waals surface area (Å²) in [6.07, 6.45) is 4.26. The van der Waals surface area contributed by atoms with E-state index in [1.165, 1.54) is 16.7 Å². The van der Waals surface area contributed by atoms with E-state index < -0.39 is 10.0 Å². The highest BCUT2D eigenvalue weighted by molar-refractivity contribution is 7.89. The molecule has 2 rings (SSSR count). The fraction of sp³-hybridized carbons (Fsp3) is 0.636. The van der Waals surface area contributed by atoms with E-state index in [9.17, 15) is 8.42 Å². The average molecular weight is 306 g/mol. The van der Waals surface area contributed by atoms with Crippen LogP contribution in [0, 0.1) is 0 Å². The molecular weight excluding hydrogens is 290 g/mol. The van der Waals surface area contributed by atoms with Crippen molar-refractivity contribution in [3.63, 3.8) is 0 Å². The van der Waals surface area contributed by atoms with E-state index in [0.717, 1.165) is 12.8 Å². The number of hydrogen-bond donors (Lipinski definition) is 0. The van der Waals surface area contributed by atoms with Crippen LogP contribution in [-0.4, -0.2) is 47.6 Å². The van der Waals surface area contributed by atoms with Crippen LogP contribution in [0.2, 0.25) is 5.02 Å². The molecule has 2 heterocycles. The smallest absolute Gasteiger partial charge is 0.316 e. The van der Waals surface area contributed by atoms with Crippen LogP contribution in [0.15, 0.2) is 12.4 Å². The predicted molar refractivity (Wildman–Crippen MR) is 71.7 cm³/mol. The summed E-state index contributed by atoms with van der Waals surface area (Å²) in [4.78, 5) is 7.89. The molecule has 1 fully saturated rings. The van der Waals surface area contributed by atoms with Crippen molar-refractivity contribution in [1.82, 2.24) is 14.3 Å². The molecule has 0 spiro atoms. The van der Waals surface area contributed by atoms with Gasteiger partial charge >= 0.3 is 6.01 Å². The lowest BCUT2D eigenvalue weighted by atomic mass is 10.1. The maximum Gasteiger partial charge on any atom is 0.316 e. The lowest BCUT2D eigenvalue weighted by Gasteiger charge is -2.31. The van der Waals surface area contributed by atoms with Crippen molar-refractivity contribution in [2.24, 2.45) is 0 Å². The summed E-state index contributed by atoms with van der Waals surface area (Å²) in [5, 5.41) is 0.436. The van der Waals surface area contributed by atoms with Gasteiger partial charge in [0.15, 0.2) is 0 Å². The second-order valence-corrected chi connectivity index (χ2v) is 7.02. The van der Waals surface area contributed by atoms with Crippen LogP contribution in [0.25, 0.3) is 0 Å². The SMILES string of the molecule is CCS(=O)(=O)N1CCCC(Oc2ncc(Cl)cn2)C1. The number of halogens is 1. The molecule has 1 saturated heterocycles. The molecule has 1 aromatic heterocycles. The number of piperidine rings is 1. The zero-order chi connectivity index (χ0) is 13.9. The van der Waals surface area contributed by atoms with Gasteiger partial charge in [0.1, 0.15) is 6.10 Å². The first-order chi connectivity index (χ1) is 9.01. The molecular formula is C11H16ClN3O3S. The predicted octanol–water partition coefficient (Wildman–Crippen LogP) is 1.32. The number of aromatic nitrogens is 2. The third kappa shape index (κ3) is 3.77. The van der Waals surface area contributed by atoms with Crippen molar-refractivity contribution in [3.8, 4) is 6.01 Å². The Hall–Kier alpha value is -0.920. The minimum absolute atomic E-state index is 0.108. The van der Waals surface area contributed by atoms with Crippen LogP contribution in [0.4, 0.5) is 0 Å². The third-order valence-corrected chi connectivity index (χ3v) is 5.01. The van der Waals surface area contributed by atoms with Gasteiger partial charge in [0, 0.05) is 6.54 Å². The summed E-state index contributed by atoms with van der Waals surface area (Å²) in [6.45, 7) is 2.54. The molecule has 0 aliphatic carbocycles. The molecule has 1 aliphatic heterocycles. The van der Waals surface area contributed by atoms with Gasteiger partial charge in [-0.05, 0) is 19.8 Å². The Bertz CT molecular complexity index is 520. The molecule has 19 heavy (non-hydrogen) atoms. The maximum absolute atomic E-state index is 11.8.